The van der Waals surface area contributed by atoms with Gasteiger partial charge in [-0.15, -0.1) is 0 Å². The van der Waals surface area contributed by atoms with E-state index in [0.29, 0.717) is 13.0 Å². The summed E-state index contributed by atoms with van der Waals surface area (Å²) in [5, 5.41) is 2.66. The molecule has 1 unspecified atom stereocenters. The van der Waals surface area contributed by atoms with E-state index in [1.165, 1.54) is 6.07 Å². The molecule has 1 atom stereocenters. The van der Waals surface area contributed by atoms with Crippen molar-refractivity contribution in [3.8, 4) is 5.75 Å². The zero-order valence-electron chi connectivity index (χ0n) is 11.7. The lowest BCUT2D eigenvalue weighted by Crippen LogP contribution is -2.32. The minimum Gasteiger partial charge on any atom is -0.492 e. The lowest BCUT2D eigenvalue weighted by Gasteiger charge is -2.24. The van der Waals surface area contributed by atoms with Crippen LogP contribution in [-0.4, -0.2) is 12.5 Å². The predicted octanol–water partition coefficient (Wildman–Crippen LogP) is 3.32. The molecular formula is C17H16FNO2. The zero-order chi connectivity index (χ0) is 14.8. The number of rotatable bonds is 2. The molecule has 1 aliphatic rings. The van der Waals surface area contributed by atoms with Crippen LogP contribution in [0.4, 0.5) is 10.1 Å². The second-order valence-corrected chi connectivity index (χ2v) is 5.29. The highest BCUT2D eigenvalue weighted by atomic mass is 19.1. The minimum absolute atomic E-state index is 0.214. The third kappa shape index (κ3) is 2.89. The van der Waals surface area contributed by atoms with Gasteiger partial charge in [-0.1, -0.05) is 24.3 Å². The van der Waals surface area contributed by atoms with Crippen molar-refractivity contribution < 1.29 is 13.9 Å². The van der Waals surface area contributed by atoms with Crippen LogP contribution in [0.1, 0.15) is 11.1 Å². The number of carbonyl (C=O) groups is 1. The molecule has 4 heteroatoms. The topological polar surface area (TPSA) is 38.3 Å². The summed E-state index contributed by atoms with van der Waals surface area (Å²) in [6.07, 6.45) is 0.607. The second-order valence-electron chi connectivity index (χ2n) is 5.29. The first-order valence-electron chi connectivity index (χ1n) is 6.91. The number of carbonyl (C=O) groups excluding carboxylic acids is 1. The highest BCUT2D eigenvalue weighted by molar-refractivity contribution is 5.93. The first kappa shape index (κ1) is 13.6. The number of anilines is 1. The summed E-state index contributed by atoms with van der Waals surface area (Å²) in [5.41, 5.74) is 2.13. The highest BCUT2D eigenvalue weighted by Gasteiger charge is 2.26. The van der Waals surface area contributed by atoms with Crippen molar-refractivity contribution in [2.45, 2.75) is 13.3 Å². The molecule has 0 spiro atoms. The Morgan fingerprint density at radius 3 is 2.95 bits per heavy atom. The third-order valence-electron chi connectivity index (χ3n) is 3.63. The van der Waals surface area contributed by atoms with Crippen molar-refractivity contribution in [1.29, 1.82) is 0 Å². The Kier molecular flexibility index (Phi) is 3.60. The van der Waals surface area contributed by atoms with Crippen LogP contribution in [0.15, 0.2) is 42.5 Å². The summed E-state index contributed by atoms with van der Waals surface area (Å²) in [5.74, 6) is -0.122. The first-order chi connectivity index (χ1) is 10.1. The smallest absolute Gasteiger partial charge is 0.231 e. The van der Waals surface area contributed by atoms with Gasteiger partial charge in [0.2, 0.25) is 5.91 Å². The normalized spacial score (nSPS) is 16.8. The SMILES string of the molecule is Cc1ccc(F)c(NC(=O)C2COc3ccccc3C2)c1. The van der Waals surface area contributed by atoms with E-state index in [2.05, 4.69) is 5.32 Å². The van der Waals surface area contributed by atoms with Gasteiger partial charge in [0.15, 0.2) is 0 Å². The number of aryl methyl sites for hydroxylation is 1. The summed E-state index contributed by atoms with van der Waals surface area (Å²) in [4.78, 5) is 12.3. The molecule has 3 rings (SSSR count). The number of hydrogen-bond acceptors (Lipinski definition) is 2. The largest absolute Gasteiger partial charge is 0.492 e. The Labute approximate surface area is 122 Å². The van der Waals surface area contributed by atoms with E-state index in [1.807, 2.05) is 31.2 Å². The second kappa shape index (κ2) is 5.56. The predicted molar refractivity (Wildman–Crippen MR) is 78.9 cm³/mol. The highest BCUT2D eigenvalue weighted by Crippen LogP contribution is 2.27. The average Bonchev–Trinajstić information content (AvgIpc) is 2.50. The standard InChI is InChI=1S/C17H16FNO2/c1-11-6-7-14(18)15(8-11)19-17(20)13-9-12-4-2-3-5-16(12)21-10-13/h2-8,13H,9-10H2,1H3,(H,19,20). The van der Waals surface area contributed by atoms with Crippen LogP contribution in [0, 0.1) is 18.7 Å². The van der Waals surface area contributed by atoms with E-state index in [1.54, 1.807) is 12.1 Å². The molecule has 0 aliphatic carbocycles. The van der Waals surface area contributed by atoms with E-state index in [-0.39, 0.29) is 17.5 Å². The van der Waals surface area contributed by atoms with Gasteiger partial charge in [0, 0.05) is 0 Å². The maximum absolute atomic E-state index is 13.7. The van der Waals surface area contributed by atoms with Gasteiger partial charge in [-0.2, -0.15) is 0 Å². The van der Waals surface area contributed by atoms with E-state index in [4.69, 9.17) is 4.74 Å². The lowest BCUT2D eigenvalue weighted by molar-refractivity contribution is -0.121. The monoisotopic (exact) mass is 285 g/mol. The van der Waals surface area contributed by atoms with E-state index < -0.39 is 5.82 Å². The third-order valence-corrected chi connectivity index (χ3v) is 3.63. The molecule has 3 nitrogen and oxygen atoms in total. The molecule has 1 amide bonds. The van der Waals surface area contributed by atoms with Gasteiger partial charge in [-0.3, -0.25) is 4.79 Å². The molecule has 0 bridgehead atoms. The number of halogens is 1. The van der Waals surface area contributed by atoms with Gasteiger partial charge in [0.1, 0.15) is 18.2 Å². The fourth-order valence-electron chi connectivity index (χ4n) is 2.47. The molecular weight excluding hydrogens is 269 g/mol. The van der Waals surface area contributed by atoms with Crippen LogP contribution < -0.4 is 10.1 Å². The van der Waals surface area contributed by atoms with Crippen molar-refractivity contribution in [2.24, 2.45) is 5.92 Å². The van der Waals surface area contributed by atoms with Gasteiger partial charge >= 0.3 is 0 Å². The number of hydrogen-bond donors (Lipinski definition) is 1. The number of benzene rings is 2. The summed E-state index contributed by atoms with van der Waals surface area (Å²) in [7, 11) is 0. The number of ether oxygens (including phenoxy) is 1. The van der Waals surface area contributed by atoms with Crippen LogP contribution in [0.5, 0.6) is 5.75 Å². The van der Waals surface area contributed by atoms with Crippen molar-refractivity contribution in [3.05, 3.63) is 59.4 Å². The van der Waals surface area contributed by atoms with Gasteiger partial charge in [-0.25, -0.2) is 4.39 Å². The molecule has 2 aromatic rings. The molecule has 0 saturated heterocycles. The minimum atomic E-state index is -0.425. The molecule has 1 N–H and O–H groups in total. The average molecular weight is 285 g/mol. The molecule has 1 heterocycles. The molecule has 0 aromatic heterocycles. The van der Waals surface area contributed by atoms with Crippen LogP contribution >= 0.6 is 0 Å². The van der Waals surface area contributed by atoms with Gasteiger partial charge in [-0.05, 0) is 42.7 Å². The van der Waals surface area contributed by atoms with Crippen molar-refractivity contribution in [2.75, 3.05) is 11.9 Å². The summed E-state index contributed by atoms with van der Waals surface area (Å²) >= 11 is 0. The number of fused-ring (bicyclic) bond motifs is 1. The number of amides is 1. The molecule has 1 aliphatic heterocycles. The molecule has 0 saturated carbocycles. The Hall–Kier alpha value is -2.36. The Morgan fingerprint density at radius 1 is 1.29 bits per heavy atom. The van der Waals surface area contributed by atoms with Crippen LogP contribution in [0.25, 0.3) is 0 Å². The maximum Gasteiger partial charge on any atom is 0.231 e. The molecule has 0 radical (unpaired) electrons. The van der Waals surface area contributed by atoms with Gasteiger partial charge < -0.3 is 10.1 Å². The first-order valence-corrected chi connectivity index (χ1v) is 6.91. The summed E-state index contributed by atoms with van der Waals surface area (Å²) in [6.45, 7) is 2.17. The van der Waals surface area contributed by atoms with Crippen LogP contribution in [0.2, 0.25) is 0 Å². The van der Waals surface area contributed by atoms with Crippen molar-refractivity contribution in [1.82, 2.24) is 0 Å². The fourth-order valence-corrected chi connectivity index (χ4v) is 2.47. The quantitative estimate of drug-likeness (QED) is 0.919. The van der Waals surface area contributed by atoms with Crippen molar-refractivity contribution in [3.63, 3.8) is 0 Å². The Morgan fingerprint density at radius 2 is 2.10 bits per heavy atom. The maximum atomic E-state index is 13.7. The van der Waals surface area contributed by atoms with E-state index in [0.717, 1.165) is 16.9 Å². The molecule has 0 fully saturated rings. The van der Waals surface area contributed by atoms with Crippen LogP contribution in [0.3, 0.4) is 0 Å². The fraction of sp³-hybridized carbons (Fsp3) is 0.235. The zero-order valence-corrected chi connectivity index (χ0v) is 11.7. The number of nitrogens with one attached hydrogen (secondary N) is 1. The Balaban J connectivity index is 1.74. The summed E-state index contributed by atoms with van der Waals surface area (Å²) < 4.78 is 19.3. The lowest BCUT2D eigenvalue weighted by atomic mass is 9.96. The molecule has 21 heavy (non-hydrogen) atoms. The van der Waals surface area contributed by atoms with Gasteiger partial charge in [0.25, 0.3) is 0 Å². The van der Waals surface area contributed by atoms with E-state index >= 15 is 0 Å². The molecule has 108 valence electrons. The summed E-state index contributed by atoms with van der Waals surface area (Å²) in [6, 6.07) is 12.3. The van der Waals surface area contributed by atoms with Crippen LogP contribution in [-0.2, 0) is 11.2 Å². The van der Waals surface area contributed by atoms with Crippen molar-refractivity contribution >= 4 is 11.6 Å². The Bertz CT molecular complexity index is 684. The molecule has 2 aromatic carbocycles. The van der Waals surface area contributed by atoms with Gasteiger partial charge in [0.05, 0.1) is 11.6 Å². The van der Waals surface area contributed by atoms with E-state index in [9.17, 15) is 9.18 Å². The number of para-hydroxylation sites is 1.